The van der Waals surface area contributed by atoms with E-state index in [-0.39, 0.29) is 11.3 Å². The molecule has 7 nitrogen and oxygen atoms in total. The Kier molecular flexibility index (Phi) is 7.90. The number of ether oxygens (including phenoxy) is 1. The third kappa shape index (κ3) is 5.06. The van der Waals surface area contributed by atoms with Gasteiger partial charge in [0.05, 0.1) is 11.6 Å². The van der Waals surface area contributed by atoms with Crippen LogP contribution in [-0.4, -0.2) is 59.4 Å². The predicted molar refractivity (Wildman–Crippen MR) is 139 cm³/mol. The molecule has 1 aromatic heterocycles. The lowest BCUT2D eigenvalue weighted by Gasteiger charge is -2.28. The highest BCUT2D eigenvalue weighted by Gasteiger charge is 2.44. The van der Waals surface area contributed by atoms with Gasteiger partial charge in [0.2, 0.25) is 5.78 Å². The first-order valence-electron chi connectivity index (χ1n) is 12.3. The van der Waals surface area contributed by atoms with Crippen molar-refractivity contribution in [3.05, 3.63) is 89.9 Å². The number of hydrogen-bond acceptors (Lipinski definition) is 6. The minimum absolute atomic E-state index is 0.0293. The van der Waals surface area contributed by atoms with Crippen LogP contribution < -0.4 is 4.74 Å². The van der Waals surface area contributed by atoms with E-state index in [0.717, 1.165) is 25.0 Å². The summed E-state index contributed by atoms with van der Waals surface area (Å²) in [4.78, 5) is 30.7. The van der Waals surface area contributed by atoms with Gasteiger partial charge >= 0.3 is 0 Å². The van der Waals surface area contributed by atoms with Crippen molar-refractivity contribution in [3.8, 4) is 5.75 Å². The minimum Gasteiger partial charge on any atom is -0.503 e. The molecule has 1 N–H and O–H groups in total. The highest BCUT2D eigenvalue weighted by molar-refractivity contribution is 6.16. The molecule has 0 saturated carbocycles. The highest BCUT2D eigenvalue weighted by Crippen LogP contribution is 2.40. The molecule has 2 aromatic carbocycles. The molecular formula is C29H32N2O5. The van der Waals surface area contributed by atoms with Crippen LogP contribution in [0.15, 0.2) is 83.0 Å². The molecule has 7 heteroatoms. The van der Waals surface area contributed by atoms with E-state index in [0.29, 0.717) is 36.5 Å². The van der Waals surface area contributed by atoms with E-state index >= 15 is 0 Å². The van der Waals surface area contributed by atoms with E-state index in [4.69, 9.17) is 9.15 Å². The first kappa shape index (κ1) is 25.3. The van der Waals surface area contributed by atoms with E-state index in [9.17, 15) is 14.7 Å². The zero-order valence-corrected chi connectivity index (χ0v) is 20.8. The summed E-state index contributed by atoms with van der Waals surface area (Å²) in [5, 5.41) is 11.7. The van der Waals surface area contributed by atoms with Crippen LogP contribution in [0.1, 0.15) is 42.4 Å². The van der Waals surface area contributed by atoms with Crippen molar-refractivity contribution >= 4 is 22.7 Å². The van der Waals surface area contributed by atoms with Gasteiger partial charge in [-0.05, 0) is 55.9 Å². The molecule has 1 aliphatic rings. The predicted octanol–water partition coefficient (Wildman–Crippen LogP) is 5.31. The number of nitrogens with zero attached hydrogens (tertiary/aromatic N) is 2. The second-order valence-corrected chi connectivity index (χ2v) is 8.69. The first-order chi connectivity index (χ1) is 17.5. The Morgan fingerprint density at radius 1 is 1.17 bits per heavy atom. The average Bonchev–Trinajstić information content (AvgIpc) is 3.45. The van der Waals surface area contributed by atoms with E-state index in [2.05, 4.69) is 25.3 Å². The fraction of sp³-hybridized carbons (Fsp3) is 0.310. The van der Waals surface area contributed by atoms with Crippen LogP contribution in [0.3, 0.4) is 0 Å². The van der Waals surface area contributed by atoms with Gasteiger partial charge in [-0.3, -0.25) is 9.59 Å². The average molecular weight is 489 g/mol. The van der Waals surface area contributed by atoms with Gasteiger partial charge in [-0.2, -0.15) is 0 Å². The summed E-state index contributed by atoms with van der Waals surface area (Å²) in [5.74, 6) is -0.840. The molecule has 1 atom stereocenters. The number of para-hydroxylation sites is 1. The van der Waals surface area contributed by atoms with Gasteiger partial charge in [0.1, 0.15) is 17.9 Å². The van der Waals surface area contributed by atoms with Crippen LogP contribution in [0, 0.1) is 0 Å². The van der Waals surface area contributed by atoms with Gasteiger partial charge in [0.25, 0.3) is 5.91 Å². The third-order valence-corrected chi connectivity index (χ3v) is 6.53. The quantitative estimate of drug-likeness (QED) is 0.275. The van der Waals surface area contributed by atoms with E-state index in [1.54, 1.807) is 35.2 Å². The van der Waals surface area contributed by atoms with Gasteiger partial charge < -0.3 is 24.1 Å². The summed E-state index contributed by atoms with van der Waals surface area (Å²) < 4.78 is 11.4. The molecule has 0 bridgehead atoms. The first-order valence-corrected chi connectivity index (χ1v) is 12.3. The normalized spacial score (nSPS) is 15.8. The maximum Gasteiger partial charge on any atom is 0.290 e. The second-order valence-electron chi connectivity index (χ2n) is 8.69. The Morgan fingerprint density at radius 2 is 1.89 bits per heavy atom. The molecule has 36 heavy (non-hydrogen) atoms. The third-order valence-electron chi connectivity index (χ3n) is 6.53. The van der Waals surface area contributed by atoms with Crippen LogP contribution in [0.5, 0.6) is 5.75 Å². The zero-order valence-electron chi connectivity index (χ0n) is 20.8. The van der Waals surface area contributed by atoms with Gasteiger partial charge in [-0.15, -0.1) is 0 Å². The summed E-state index contributed by atoms with van der Waals surface area (Å²) in [6, 6.07) is 15.4. The van der Waals surface area contributed by atoms with Crippen LogP contribution in [0.4, 0.5) is 0 Å². The van der Waals surface area contributed by atoms with E-state index in [1.807, 2.05) is 30.3 Å². The number of Topliss-reactive ketones (excluding diaryl/α,β-unsaturated/α-hetero) is 1. The molecule has 1 aliphatic heterocycles. The molecule has 188 valence electrons. The largest absolute Gasteiger partial charge is 0.503 e. The molecule has 1 amide bonds. The smallest absolute Gasteiger partial charge is 0.290 e. The van der Waals surface area contributed by atoms with Crippen molar-refractivity contribution in [2.24, 2.45) is 0 Å². The Bertz CT molecular complexity index is 1240. The molecule has 0 saturated heterocycles. The number of carbonyl (C=O) groups excluding carboxylic acids is 2. The Balaban J connectivity index is 1.68. The van der Waals surface area contributed by atoms with Crippen molar-refractivity contribution in [2.75, 3.05) is 32.8 Å². The van der Waals surface area contributed by atoms with Crippen molar-refractivity contribution in [2.45, 2.75) is 26.3 Å². The fourth-order valence-electron chi connectivity index (χ4n) is 4.60. The van der Waals surface area contributed by atoms with Crippen LogP contribution in [0.25, 0.3) is 11.0 Å². The van der Waals surface area contributed by atoms with E-state index < -0.39 is 23.5 Å². The molecular weight excluding hydrogens is 456 g/mol. The number of amides is 1. The molecule has 4 rings (SSSR count). The monoisotopic (exact) mass is 488 g/mol. The van der Waals surface area contributed by atoms with Crippen molar-refractivity contribution in [1.29, 1.82) is 0 Å². The number of fused-ring (bicyclic) bond motifs is 1. The highest BCUT2D eigenvalue weighted by atomic mass is 16.5. The number of carbonyl (C=O) groups is 2. The summed E-state index contributed by atoms with van der Waals surface area (Å²) in [6.07, 6.45) is 2.37. The number of ketones is 1. The van der Waals surface area contributed by atoms with Crippen LogP contribution >= 0.6 is 0 Å². The fourth-order valence-corrected chi connectivity index (χ4v) is 4.60. The van der Waals surface area contributed by atoms with Crippen molar-refractivity contribution in [3.63, 3.8) is 0 Å². The zero-order chi connectivity index (χ0) is 25.7. The topological polar surface area (TPSA) is 83.2 Å². The maximum absolute atomic E-state index is 13.7. The molecule has 3 aromatic rings. The molecule has 2 heterocycles. The number of benzene rings is 2. The van der Waals surface area contributed by atoms with Crippen LogP contribution in [-0.2, 0) is 4.79 Å². The Morgan fingerprint density at radius 3 is 2.56 bits per heavy atom. The number of furan rings is 1. The number of rotatable bonds is 12. The number of hydrogen-bond donors (Lipinski definition) is 1. The summed E-state index contributed by atoms with van der Waals surface area (Å²) in [7, 11) is 0. The SMILES string of the molecule is C=CCOc1ccc(C2C(C(=O)c3cc4ccccc4o3)=C(O)C(=O)N2CCCN(CC)CC)cc1. The van der Waals surface area contributed by atoms with Gasteiger partial charge in [0.15, 0.2) is 11.5 Å². The standard InChI is InChI=1S/C29H32N2O5/c1-4-18-35-22-14-12-20(13-15-22)26-25(27(32)24-19-21-10-7-8-11-23(21)36-24)28(33)29(34)31(26)17-9-16-30(5-2)6-3/h4,7-8,10-15,19,26,33H,1,5-6,9,16-18H2,2-3H3. The van der Waals surface area contributed by atoms with E-state index in [1.165, 1.54) is 0 Å². The molecule has 0 spiro atoms. The van der Waals surface area contributed by atoms with Gasteiger partial charge in [-0.1, -0.05) is 56.8 Å². The molecule has 0 fully saturated rings. The van der Waals surface area contributed by atoms with Crippen molar-refractivity contribution in [1.82, 2.24) is 9.80 Å². The second kappa shape index (κ2) is 11.3. The summed E-state index contributed by atoms with van der Waals surface area (Å²) >= 11 is 0. The van der Waals surface area contributed by atoms with Gasteiger partial charge in [0, 0.05) is 11.9 Å². The molecule has 0 aliphatic carbocycles. The summed E-state index contributed by atoms with van der Waals surface area (Å²) in [6.45, 7) is 11.3. The number of aliphatic hydroxyl groups excluding tert-OH is 1. The molecule has 1 unspecified atom stereocenters. The maximum atomic E-state index is 13.7. The summed E-state index contributed by atoms with van der Waals surface area (Å²) in [5.41, 5.74) is 1.31. The van der Waals surface area contributed by atoms with Crippen molar-refractivity contribution < 1.29 is 23.8 Å². The van der Waals surface area contributed by atoms with Gasteiger partial charge in [-0.25, -0.2) is 0 Å². The van der Waals surface area contributed by atoms with Crippen LogP contribution in [0.2, 0.25) is 0 Å². The lowest BCUT2D eigenvalue weighted by atomic mass is 9.95. The molecule has 0 radical (unpaired) electrons. The Hall–Kier alpha value is -3.84. The lowest BCUT2D eigenvalue weighted by molar-refractivity contribution is -0.129. The lowest BCUT2D eigenvalue weighted by Crippen LogP contribution is -2.34. The number of aliphatic hydroxyl groups is 1. The Labute approximate surface area is 211 Å². The minimum atomic E-state index is -0.733.